The highest BCUT2D eigenvalue weighted by atomic mass is 35.5. The smallest absolute Gasteiger partial charge is 0.196 e. The van der Waals surface area contributed by atoms with E-state index >= 15 is 0 Å². The van der Waals surface area contributed by atoms with E-state index < -0.39 is 0 Å². The number of carbonyl (C=O) groups excluding carboxylic acids is 1. The predicted octanol–water partition coefficient (Wildman–Crippen LogP) is 0.405. The lowest BCUT2D eigenvalue weighted by Gasteiger charge is -1.87. The van der Waals surface area contributed by atoms with Gasteiger partial charge in [0.2, 0.25) is 0 Å². The highest BCUT2D eigenvalue weighted by molar-refractivity contribution is 5.95. The van der Waals surface area contributed by atoms with Gasteiger partial charge in [0.1, 0.15) is 5.69 Å². The second kappa shape index (κ2) is 5.99. The first-order valence-corrected chi connectivity index (χ1v) is 2.95. The van der Waals surface area contributed by atoms with Gasteiger partial charge in [0.05, 0.1) is 12.9 Å². The fourth-order valence-electron chi connectivity index (χ4n) is 0.661. The summed E-state index contributed by atoms with van der Waals surface area (Å²) >= 11 is 0. The molecule has 0 aliphatic heterocycles. The molecule has 12 heavy (non-hydrogen) atoms. The maximum Gasteiger partial charge on any atom is 0.196 e. The number of nitrogens with zero attached hydrogens (tertiary/aromatic N) is 2. The van der Waals surface area contributed by atoms with Crippen LogP contribution in [0.3, 0.4) is 0 Å². The first kappa shape index (κ1) is 14.0. The zero-order valence-electron chi connectivity index (χ0n) is 6.56. The number of carbonyl (C=O) groups is 1. The number of aryl methyl sites for hydroxylation is 1. The van der Waals surface area contributed by atoms with Crippen molar-refractivity contribution in [3.63, 3.8) is 0 Å². The fraction of sp³-hybridized carbons (Fsp3) is 0.333. The van der Waals surface area contributed by atoms with E-state index in [1.54, 1.807) is 24.1 Å². The third-order valence-electron chi connectivity index (χ3n) is 1.18. The van der Waals surface area contributed by atoms with Gasteiger partial charge in [-0.3, -0.25) is 4.79 Å². The molecule has 0 saturated carbocycles. The van der Waals surface area contributed by atoms with Crippen molar-refractivity contribution < 1.29 is 4.79 Å². The average molecular weight is 212 g/mol. The number of hydrogen-bond acceptors (Lipinski definition) is 3. The van der Waals surface area contributed by atoms with Gasteiger partial charge in [0.25, 0.3) is 0 Å². The maximum atomic E-state index is 10.8. The van der Waals surface area contributed by atoms with Gasteiger partial charge < -0.3 is 10.3 Å². The van der Waals surface area contributed by atoms with Crippen LogP contribution in [0, 0.1) is 0 Å². The van der Waals surface area contributed by atoms with Gasteiger partial charge in [-0.15, -0.1) is 24.8 Å². The van der Waals surface area contributed by atoms with Crippen LogP contribution in [0.25, 0.3) is 0 Å². The van der Waals surface area contributed by atoms with E-state index in [4.69, 9.17) is 5.73 Å². The molecule has 0 amide bonds. The number of halogens is 2. The SMILES string of the molecule is Cl.Cl.Cn1cnc(C(=O)CN)c1. The summed E-state index contributed by atoms with van der Waals surface area (Å²) in [7, 11) is 1.81. The van der Waals surface area contributed by atoms with Crippen molar-refractivity contribution in [3.8, 4) is 0 Å². The largest absolute Gasteiger partial charge is 0.340 e. The lowest BCUT2D eigenvalue weighted by atomic mass is 10.3. The number of hydrogen-bond donors (Lipinski definition) is 1. The Bertz CT molecular complexity index is 249. The van der Waals surface area contributed by atoms with Crippen LogP contribution < -0.4 is 5.73 Å². The summed E-state index contributed by atoms with van der Waals surface area (Å²) in [5, 5.41) is 0. The lowest BCUT2D eigenvalue weighted by Crippen LogP contribution is -2.13. The number of rotatable bonds is 2. The zero-order chi connectivity index (χ0) is 7.56. The molecule has 0 saturated heterocycles. The monoisotopic (exact) mass is 211 g/mol. The summed E-state index contributed by atoms with van der Waals surface area (Å²) in [6, 6.07) is 0. The quantitative estimate of drug-likeness (QED) is 0.722. The molecule has 0 aromatic carbocycles. The third-order valence-corrected chi connectivity index (χ3v) is 1.18. The summed E-state index contributed by atoms with van der Waals surface area (Å²) in [5.41, 5.74) is 5.55. The Labute approximate surface area is 83.0 Å². The summed E-state index contributed by atoms with van der Waals surface area (Å²) in [5.74, 6) is -0.124. The van der Waals surface area contributed by atoms with Crippen LogP contribution in [0.15, 0.2) is 12.5 Å². The molecule has 0 spiro atoms. The molecular formula is C6H11Cl2N3O. The van der Waals surface area contributed by atoms with Crippen LogP contribution in [-0.2, 0) is 7.05 Å². The highest BCUT2D eigenvalue weighted by Gasteiger charge is 2.04. The molecule has 0 bridgehead atoms. The van der Waals surface area contributed by atoms with Gasteiger partial charge in [-0.05, 0) is 0 Å². The molecule has 0 aliphatic rings. The van der Waals surface area contributed by atoms with Crippen molar-refractivity contribution in [2.24, 2.45) is 12.8 Å². The lowest BCUT2D eigenvalue weighted by molar-refractivity contribution is 0.0997. The first-order valence-electron chi connectivity index (χ1n) is 2.95. The minimum absolute atomic E-state index is 0. The molecule has 1 heterocycles. The van der Waals surface area contributed by atoms with Gasteiger partial charge in [-0.2, -0.15) is 0 Å². The Morgan fingerprint density at radius 1 is 1.67 bits per heavy atom. The van der Waals surface area contributed by atoms with E-state index in [0.29, 0.717) is 5.69 Å². The minimum atomic E-state index is -0.124. The van der Waals surface area contributed by atoms with Crippen LogP contribution in [0.4, 0.5) is 0 Å². The third kappa shape index (κ3) is 3.21. The highest BCUT2D eigenvalue weighted by Crippen LogP contribution is 1.93. The van der Waals surface area contributed by atoms with Crippen molar-refractivity contribution >= 4 is 30.6 Å². The van der Waals surface area contributed by atoms with Crippen LogP contribution >= 0.6 is 24.8 Å². The molecule has 1 aromatic rings. The fourth-order valence-corrected chi connectivity index (χ4v) is 0.661. The van der Waals surface area contributed by atoms with E-state index in [1.165, 1.54) is 0 Å². The van der Waals surface area contributed by atoms with Crippen LogP contribution in [0.1, 0.15) is 10.5 Å². The van der Waals surface area contributed by atoms with E-state index in [-0.39, 0.29) is 37.1 Å². The Kier molecular flexibility index (Phi) is 6.98. The maximum absolute atomic E-state index is 10.8. The molecule has 0 fully saturated rings. The molecule has 1 aromatic heterocycles. The first-order chi connectivity index (χ1) is 4.74. The van der Waals surface area contributed by atoms with Crippen molar-refractivity contribution in [2.75, 3.05) is 6.54 Å². The van der Waals surface area contributed by atoms with E-state index in [2.05, 4.69) is 4.98 Å². The number of ketones is 1. The van der Waals surface area contributed by atoms with Gasteiger partial charge in [0.15, 0.2) is 5.78 Å². The van der Waals surface area contributed by atoms with Crippen molar-refractivity contribution in [2.45, 2.75) is 0 Å². The van der Waals surface area contributed by atoms with Gasteiger partial charge in [-0.25, -0.2) is 4.98 Å². The Hall–Kier alpha value is -0.580. The molecule has 0 unspecified atom stereocenters. The van der Waals surface area contributed by atoms with Gasteiger partial charge >= 0.3 is 0 Å². The predicted molar refractivity (Wildman–Crippen MR) is 51.1 cm³/mol. The zero-order valence-corrected chi connectivity index (χ0v) is 8.19. The molecule has 0 atom stereocenters. The topological polar surface area (TPSA) is 60.9 Å². The Morgan fingerprint density at radius 2 is 2.25 bits per heavy atom. The van der Waals surface area contributed by atoms with E-state index in [0.717, 1.165) is 0 Å². The standard InChI is InChI=1S/C6H9N3O.2ClH/c1-9-3-5(8-4-9)6(10)2-7;;/h3-4H,2,7H2,1H3;2*1H. The molecule has 2 N–H and O–H groups in total. The number of Topliss-reactive ketones (excluding diaryl/α,β-unsaturated/α-hetero) is 1. The van der Waals surface area contributed by atoms with Crippen LogP contribution in [0.5, 0.6) is 0 Å². The minimum Gasteiger partial charge on any atom is -0.340 e. The van der Waals surface area contributed by atoms with E-state index in [1.807, 2.05) is 0 Å². The van der Waals surface area contributed by atoms with E-state index in [9.17, 15) is 4.79 Å². The number of imidazole rings is 1. The Morgan fingerprint density at radius 3 is 2.58 bits per heavy atom. The summed E-state index contributed by atoms with van der Waals surface area (Å²) in [4.78, 5) is 14.6. The number of nitrogens with two attached hydrogens (primary N) is 1. The van der Waals surface area contributed by atoms with Crippen molar-refractivity contribution in [1.82, 2.24) is 9.55 Å². The van der Waals surface area contributed by atoms with Crippen molar-refractivity contribution in [1.29, 1.82) is 0 Å². The summed E-state index contributed by atoms with van der Waals surface area (Å²) in [6.07, 6.45) is 3.22. The second-order valence-corrected chi connectivity index (χ2v) is 2.05. The molecule has 0 aliphatic carbocycles. The molecule has 6 heteroatoms. The summed E-state index contributed by atoms with van der Waals surface area (Å²) < 4.78 is 1.71. The van der Waals surface area contributed by atoms with Gasteiger partial charge in [0, 0.05) is 13.2 Å². The normalized spacial score (nSPS) is 8.17. The summed E-state index contributed by atoms with van der Waals surface area (Å²) in [6.45, 7) is 0.0248. The molecule has 70 valence electrons. The molecule has 0 radical (unpaired) electrons. The van der Waals surface area contributed by atoms with Crippen molar-refractivity contribution in [3.05, 3.63) is 18.2 Å². The average Bonchev–Trinajstić information content (AvgIpc) is 2.34. The van der Waals surface area contributed by atoms with Gasteiger partial charge in [-0.1, -0.05) is 0 Å². The Balaban J connectivity index is 0. The van der Waals surface area contributed by atoms with Crippen LogP contribution in [-0.4, -0.2) is 21.9 Å². The molecule has 4 nitrogen and oxygen atoms in total. The molecule has 1 rings (SSSR count). The molecular weight excluding hydrogens is 201 g/mol. The number of aromatic nitrogens is 2. The second-order valence-electron chi connectivity index (χ2n) is 2.05. The van der Waals surface area contributed by atoms with Crippen LogP contribution in [0.2, 0.25) is 0 Å².